The number of para-hydroxylation sites is 1. The Hall–Kier alpha value is -2.82. The summed E-state index contributed by atoms with van der Waals surface area (Å²) in [4.78, 5) is 25.8. The summed E-state index contributed by atoms with van der Waals surface area (Å²) in [5.41, 5.74) is 2.90. The number of nitrogens with one attached hydrogen (secondary N) is 1. The number of fused-ring (bicyclic) bond motifs is 1. The molecule has 0 saturated heterocycles. The molecule has 0 spiro atoms. The third kappa shape index (κ3) is 3.82. The summed E-state index contributed by atoms with van der Waals surface area (Å²) in [6.07, 6.45) is 0.709. The first-order valence-electron chi connectivity index (χ1n) is 8.43. The van der Waals surface area contributed by atoms with E-state index in [1.54, 1.807) is 4.90 Å². The zero-order chi connectivity index (χ0) is 17.8. The fourth-order valence-corrected chi connectivity index (χ4v) is 3.01. The van der Waals surface area contributed by atoms with E-state index >= 15 is 0 Å². The van der Waals surface area contributed by atoms with Crippen molar-refractivity contribution in [3.63, 3.8) is 0 Å². The van der Waals surface area contributed by atoms with Gasteiger partial charge in [-0.3, -0.25) is 9.59 Å². The van der Waals surface area contributed by atoms with Crippen molar-refractivity contribution in [1.29, 1.82) is 0 Å². The lowest BCUT2D eigenvalue weighted by atomic mass is 10.1. The highest BCUT2D eigenvalue weighted by atomic mass is 16.5. The molecule has 0 fully saturated rings. The first kappa shape index (κ1) is 17.0. The zero-order valence-corrected chi connectivity index (χ0v) is 14.5. The molecule has 0 radical (unpaired) electrons. The summed E-state index contributed by atoms with van der Waals surface area (Å²) < 4.78 is 5.73. The van der Waals surface area contributed by atoms with Gasteiger partial charge in [-0.05, 0) is 31.5 Å². The maximum absolute atomic E-state index is 12.7. The molecule has 5 heteroatoms. The van der Waals surface area contributed by atoms with Gasteiger partial charge in [-0.25, -0.2) is 0 Å². The molecule has 0 aromatic heterocycles. The maximum Gasteiger partial charge on any atom is 0.254 e. The number of nitrogens with zero attached hydrogens (tertiary/aromatic N) is 1. The number of hydrogen-bond donors (Lipinski definition) is 1. The lowest BCUT2D eigenvalue weighted by molar-refractivity contribution is -0.126. The van der Waals surface area contributed by atoms with Crippen LogP contribution in [0.25, 0.3) is 0 Å². The molecule has 1 aliphatic rings. The van der Waals surface area contributed by atoms with Gasteiger partial charge in [0.1, 0.15) is 11.8 Å². The van der Waals surface area contributed by atoms with E-state index in [4.69, 9.17) is 4.74 Å². The average Bonchev–Trinajstić information content (AvgIpc) is 2.85. The molecule has 0 saturated carbocycles. The van der Waals surface area contributed by atoms with Crippen LogP contribution in [0, 0.1) is 6.92 Å². The monoisotopic (exact) mass is 338 g/mol. The van der Waals surface area contributed by atoms with Crippen molar-refractivity contribution in [3.8, 4) is 5.75 Å². The number of carbonyl (C=O) groups excluding carboxylic acids is 2. The second-order valence-electron chi connectivity index (χ2n) is 6.20. The molecule has 25 heavy (non-hydrogen) atoms. The minimum Gasteiger partial charge on any atom is -0.494 e. The zero-order valence-electron chi connectivity index (χ0n) is 14.5. The molecule has 130 valence electrons. The van der Waals surface area contributed by atoms with E-state index < -0.39 is 6.04 Å². The lowest BCUT2D eigenvalue weighted by Gasteiger charge is -2.18. The fraction of sp³-hybridized carbons (Fsp3) is 0.300. The van der Waals surface area contributed by atoms with E-state index in [0.29, 0.717) is 19.6 Å². The topological polar surface area (TPSA) is 58.6 Å². The van der Waals surface area contributed by atoms with Gasteiger partial charge in [0.15, 0.2) is 0 Å². The lowest BCUT2D eigenvalue weighted by Crippen LogP contribution is -2.37. The summed E-state index contributed by atoms with van der Waals surface area (Å²) in [6.45, 7) is 4.54. The van der Waals surface area contributed by atoms with Gasteiger partial charge in [-0.15, -0.1) is 0 Å². The van der Waals surface area contributed by atoms with Gasteiger partial charge in [-0.1, -0.05) is 35.9 Å². The Labute approximate surface area is 147 Å². The van der Waals surface area contributed by atoms with E-state index in [1.807, 2.05) is 55.5 Å². The molecule has 1 aliphatic heterocycles. The molecule has 1 heterocycles. The number of ether oxygens (including phenoxy) is 1. The minimum absolute atomic E-state index is 0.0910. The van der Waals surface area contributed by atoms with Crippen LogP contribution in [0.2, 0.25) is 0 Å². The van der Waals surface area contributed by atoms with E-state index in [9.17, 15) is 9.59 Å². The molecule has 2 aromatic carbocycles. The van der Waals surface area contributed by atoms with Crippen molar-refractivity contribution in [1.82, 2.24) is 5.32 Å². The van der Waals surface area contributed by atoms with Gasteiger partial charge < -0.3 is 15.0 Å². The third-order valence-electron chi connectivity index (χ3n) is 4.21. The van der Waals surface area contributed by atoms with Crippen LogP contribution < -0.4 is 15.0 Å². The second-order valence-corrected chi connectivity index (χ2v) is 6.20. The molecule has 0 aliphatic carbocycles. The number of amides is 2. The van der Waals surface area contributed by atoms with Crippen LogP contribution in [-0.4, -0.2) is 25.0 Å². The number of benzene rings is 2. The Bertz CT molecular complexity index is 771. The van der Waals surface area contributed by atoms with E-state index in [-0.39, 0.29) is 11.8 Å². The van der Waals surface area contributed by atoms with Crippen LogP contribution in [0.1, 0.15) is 30.5 Å². The molecule has 1 N–H and O–H groups in total. The van der Waals surface area contributed by atoms with Crippen molar-refractivity contribution in [2.24, 2.45) is 0 Å². The van der Waals surface area contributed by atoms with E-state index in [1.165, 1.54) is 12.5 Å². The largest absolute Gasteiger partial charge is 0.494 e. The highest BCUT2D eigenvalue weighted by Crippen LogP contribution is 2.35. The number of aryl methyl sites for hydroxylation is 1. The molecule has 3 rings (SSSR count). The number of anilines is 1. The van der Waals surface area contributed by atoms with Crippen LogP contribution in [0.15, 0.2) is 48.5 Å². The maximum atomic E-state index is 12.7. The van der Waals surface area contributed by atoms with Crippen LogP contribution in [0.4, 0.5) is 5.69 Å². The summed E-state index contributed by atoms with van der Waals surface area (Å²) in [5, 5.41) is 2.74. The van der Waals surface area contributed by atoms with Gasteiger partial charge in [0.25, 0.3) is 5.91 Å². The first-order valence-corrected chi connectivity index (χ1v) is 8.43. The van der Waals surface area contributed by atoms with Crippen molar-refractivity contribution in [3.05, 3.63) is 59.7 Å². The Kier molecular flexibility index (Phi) is 5.03. The van der Waals surface area contributed by atoms with E-state index in [2.05, 4.69) is 5.32 Å². The van der Waals surface area contributed by atoms with Crippen molar-refractivity contribution in [2.45, 2.75) is 26.3 Å². The summed E-state index contributed by atoms with van der Waals surface area (Å²) in [5.74, 6) is 0.527. The Morgan fingerprint density at radius 2 is 1.88 bits per heavy atom. The Morgan fingerprint density at radius 3 is 2.60 bits per heavy atom. The minimum atomic E-state index is -0.591. The van der Waals surface area contributed by atoms with Crippen LogP contribution in [0.5, 0.6) is 5.75 Å². The SMILES string of the molecule is CC(=O)NC1C(=O)N(CCCOc2ccc(C)cc2)c2ccccc21. The third-order valence-corrected chi connectivity index (χ3v) is 4.21. The summed E-state index contributed by atoms with van der Waals surface area (Å²) in [6, 6.07) is 14.9. The van der Waals surface area contributed by atoms with Gasteiger partial charge in [0, 0.05) is 24.7 Å². The summed E-state index contributed by atoms with van der Waals surface area (Å²) in [7, 11) is 0. The average molecular weight is 338 g/mol. The molecule has 0 bridgehead atoms. The predicted octanol–water partition coefficient (Wildman–Crippen LogP) is 2.99. The normalized spacial score (nSPS) is 15.8. The first-order chi connectivity index (χ1) is 12.1. The predicted molar refractivity (Wildman–Crippen MR) is 96.6 cm³/mol. The molecule has 1 unspecified atom stereocenters. The molecule has 5 nitrogen and oxygen atoms in total. The fourth-order valence-electron chi connectivity index (χ4n) is 3.01. The number of carbonyl (C=O) groups is 2. The summed E-state index contributed by atoms with van der Waals surface area (Å²) >= 11 is 0. The highest BCUT2D eigenvalue weighted by Gasteiger charge is 2.37. The second kappa shape index (κ2) is 7.38. The molecule has 2 amide bonds. The van der Waals surface area contributed by atoms with Crippen molar-refractivity contribution >= 4 is 17.5 Å². The van der Waals surface area contributed by atoms with Gasteiger partial charge in [0.05, 0.1) is 6.61 Å². The Morgan fingerprint density at radius 1 is 1.16 bits per heavy atom. The number of hydrogen-bond acceptors (Lipinski definition) is 3. The standard InChI is InChI=1S/C20H22N2O3/c1-14-8-10-16(11-9-14)25-13-5-12-22-18-7-4-3-6-17(18)19(20(22)24)21-15(2)23/h3-4,6-11,19H,5,12-13H2,1-2H3,(H,21,23). The van der Waals surface area contributed by atoms with Crippen molar-refractivity contribution in [2.75, 3.05) is 18.1 Å². The van der Waals surface area contributed by atoms with Crippen molar-refractivity contribution < 1.29 is 14.3 Å². The molecule has 1 atom stereocenters. The van der Waals surface area contributed by atoms with Crippen LogP contribution in [0.3, 0.4) is 0 Å². The van der Waals surface area contributed by atoms with Crippen LogP contribution >= 0.6 is 0 Å². The van der Waals surface area contributed by atoms with Crippen LogP contribution in [-0.2, 0) is 9.59 Å². The quantitative estimate of drug-likeness (QED) is 0.824. The molecular formula is C20H22N2O3. The van der Waals surface area contributed by atoms with Gasteiger partial charge >= 0.3 is 0 Å². The highest BCUT2D eigenvalue weighted by molar-refractivity contribution is 6.06. The number of rotatable bonds is 6. The van der Waals surface area contributed by atoms with Gasteiger partial charge in [0.2, 0.25) is 5.91 Å². The van der Waals surface area contributed by atoms with E-state index in [0.717, 1.165) is 17.0 Å². The smallest absolute Gasteiger partial charge is 0.254 e. The van der Waals surface area contributed by atoms with Gasteiger partial charge in [-0.2, -0.15) is 0 Å². The molecular weight excluding hydrogens is 316 g/mol. The molecule has 2 aromatic rings. The Balaban J connectivity index is 1.61.